The SMILES string of the molecule is CCCN(CC1CC1)C1CCCc2ccccc21. The third-order valence-corrected chi connectivity index (χ3v) is 4.48. The molecule has 1 atom stereocenters. The molecule has 3 rings (SSSR count). The highest BCUT2D eigenvalue weighted by atomic mass is 15.2. The lowest BCUT2D eigenvalue weighted by Gasteiger charge is -2.36. The topological polar surface area (TPSA) is 3.24 Å². The van der Waals surface area contributed by atoms with Crippen molar-refractivity contribution in [2.45, 2.75) is 51.5 Å². The minimum Gasteiger partial charge on any atom is -0.296 e. The molecule has 0 aliphatic heterocycles. The summed E-state index contributed by atoms with van der Waals surface area (Å²) in [5, 5.41) is 0. The zero-order chi connectivity index (χ0) is 12.4. The molecular formula is C17H25N. The van der Waals surface area contributed by atoms with Crippen LogP contribution in [-0.2, 0) is 6.42 Å². The van der Waals surface area contributed by atoms with E-state index >= 15 is 0 Å². The van der Waals surface area contributed by atoms with Crippen molar-refractivity contribution in [2.24, 2.45) is 5.92 Å². The van der Waals surface area contributed by atoms with Crippen molar-refractivity contribution in [3.63, 3.8) is 0 Å². The molecule has 0 heterocycles. The third-order valence-electron chi connectivity index (χ3n) is 4.48. The van der Waals surface area contributed by atoms with Gasteiger partial charge >= 0.3 is 0 Å². The molecule has 2 aliphatic rings. The minimum absolute atomic E-state index is 0.704. The summed E-state index contributed by atoms with van der Waals surface area (Å²) in [5.41, 5.74) is 3.23. The van der Waals surface area contributed by atoms with E-state index in [9.17, 15) is 0 Å². The summed E-state index contributed by atoms with van der Waals surface area (Å²) in [5.74, 6) is 1.01. The lowest BCUT2D eigenvalue weighted by atomic mass is 9.86. The normalized spacial score (nSPS) is 23.1. The predicted molar refractivity (Wildman–Crippen MR) is 76.7 cm³/mol. The van der Waals surface area contributed by atoms with Gasteiger partial charge in [0.25, 0.3) is 0 Å². The molecule has 1 aromatic rings. The first-order valence-corrected chi connectivity index (χ1v) is 7.70. The smallest absolute Gasteiger partial charge is 0.0351 e. The molecule has 1 fully saturated rings. The Balaban J connectivity index is 1.80. The fraction of sp³-hybridized carbons (Fsp3) is 0.647. The van der Waals surface area contributed by atoms with Crippen LogP contribution in [0.1, 0.15) is 56.2 Å². The van der Waals surface area contributed by atoms with E-state index in [1.807, 2.05) is 0 Å². The first kappa shape index (κ1) is 12.2. The lowest BCUT2D eigenvalue weighted by molar-refractivity contribution is 0.171. The molecule has 0 N–H and O–H groups in total. The van der Waals surface area contributed by atoms with Gasteiger partial charge in [-0.15, -0.1) is 0 Å². The molecule has 0 aromatic heterocycles. The number of nitrogens with zero attached hydrogens (tertiary/aromatic N) is 1. The van der Waals surface area contributed by atoms with E-state index < -0.39 is 0 Å². The Labute approximate surface area is 111 Å². The molecule has 18 heavy (non-hydrogen) atoms. The minimum atomic E-state index is 0.704. The zero-order valence-electron chi connectivity index (χ0n) is 11.6. The molecule has 98 valence electrons. The molecule has 1 aromatic carbocycles. The quantitative estimate of drug-likeness (QED) is 0.749. The first-order valence-electron chi connectivity index (χ1n) is 7.70. The lowest BCUT2D eigenvalue weighted by Crippen LogP contribution is -2.33. The van der Waals surface area contributed by atoms with Crippen LogP contribution in [0.5, 0.6) is 0 Å². The van der Waals surface area contributed by atoms with E-state index in [2.05, 4.69) is 36.1 Å². The maximum absolute atomic E-state index is 2.77. The molecule has 0 bridgehead atoms. The van der Waals surface area contributed by atoms with Crippen molar-refractivity contribution in [1.29, 1.82) is 0 Å². The Morgan fingerprint density at radius 2 is 2.00 bits per heavy atom. The Hall–Kier alpha value is -0.820. The second-order valence-electron chi connectivity index (χ2n) is 6.05. The largest absolute Gasteiger partial charge is 0.296 e. The van der Waals surface area contributed by atoms with Crippen molar-refractivity contribution < 1.29 is 0 Å². The van der Waals surface area contributed by atoms with Crippen LogP contribution < -0.4 is 0 Å². The van der Waals surface area contributed by atoms with Gasteiger partial charge in [-0.25, -0.2) is 0 Å². The van der Waals surface area contributed by atoms with Gasteiger partial charge in [-0.3, -0.25) is 4.90 Å². The van der Waals surface area contributed by atoms with E-state index in [-0.39, 0.29) is 0 Å². The number of hydrogen-bond donors (Lipinski definition) is 0. The molecule has 1 saturated carbocycles. The van der Waals surface area contributed by atoms with Gasteiger partial charge in [0, 0.05) is 12.6 Å². The van der Waals surface area contributed by atoms with Crippen molar-refractivity contribution >= 4 is 0 Å². The van der Waals surface area contributed by atoms with Crippen LogP contribution in [0.4, 0.5) is 0 Å². The molecule has 0 saturated heterocycles. The fourth-order valence-corrected chi connectivity index (χ4v) is 3.40. The van der Waals surface area contributed by atoms with E-state index in [1.165, 1.54) is 51.6 Å². The number of rotatable bonds is 5. The predicted octanol–water partition coefficient (Wildman–Crippen LogP) is 4.19. The maximum atomic E-state index is 2.77. The van der Waals surface area contributed by atoms with E-state index in [1.54, 1.807) is 11.1 Å². The summed E-state index contributed by atoms with van der Waals surface area (Å²) in [6.45, 7) is 4.93. The average Bonchev–Trinajstić information content (AvgIpc) is 3.22. The van der Waals surface area contributed by atoms with E-state index in [0.717, 1.165) is 5.92 Å². The number of hydrogen-bond acceptors (Lipinski definition) is 1. The van der Waals surface area contributed by atoms with Crippen LogP contribution in [0.3, 0.4) is 0 Å². The summed E-state index contributed by atoms with van der Waals surface area (Å²) in [6.07, 6.45) is 8.24. The molecule has 1 unspecified atom stereocenters. The van der Waals surface area contributed by atoms with Crippen LogP contribution in [0.2, 0.25) is 0 Å². The first-order chi connectivity index (χ1) is 8.88. The van der Waals surface area contributed by atoms with Crippen LogP contribution in [0, 0.1) is 5.92 Å². The van der Waals surface area contributed by atoms with Crippen LogP contribution in [-0.4, -0.2) is 18.0 Å². The van der Waals surface area contributed by atoms with Crippen molar-refractivity contribution in [3.8, 4) is 0 Å². The van der Waals surface area contributed by atoms with Crippen LogP contribution in [0.25, 0.3) is 0 Å². The van der Waals surface area contributed by atoms with Crippen LogP contribution >= 0.6 is 0 Å². The number of aryl methyl sites for hydroxylation is 1. The summed E-state index contributed by atoms with van der Waals surface area (Å²) in [7, 11) is 0. The molecule has 0 spiro atoms. The molecule has 0 radical (unpaired) electrons. The van der Waals surface area contributed by atoms with Gasteiger partial charge in [-0.2, -0.15) is 0 Å². The van der Waals surface area contributed by atoms with Crippen LogP contribution in [0.15, 0.2) is 24.3 Å². The van der Waals surface area contributed by atoms with Gasteiger partial charge in [0.05, 0.1) is 0 Å². The average molecular weight is 243 g/mol. The highest BCUT2D eigenvalue weighted by molar-refractivity contribution is 5.32. The van der Waals surface area contributed by atoms with Gasteiger partial charge in [0.2, 0.25) is 0 Å². The van der Waals surface area contributed by atoms with Gasteiger partial charge in [-0.05, 0) is 62.1 Å². The Morgan fingerprint density at radius 3 is 2.78 bits per heavy atom. The van der Waals surface area contributed by atoms with E-state index in [4.69, 9.17) is 0 Å². The van der Waals surface area contributed by atoms with E-state index in [0.29, 0.717) is 6.04 Å². The second kappa shape index (κ2) is 5.44. The fourth-order valence-electron chi connectivity index (χ4n) is 3.40. The van der Waals surface area contributed by atoms with Gasteiger partial charge in [0.15, 0.2) is 0 Å². The van der Waals surface area contributed by atoms with Gasteiger partial charge < -0.3 is 0 Å². The maximum Gasteiger partial charge on any atom is 0.0351 e. The number of fused-ring (bicyclic) bond motifs is 1. The number of benzene rings is 1. The highest BCUT2D eigenvalue weighted by Gasteiger charge is 2.30. The Bertz CT molecular complexity index is 394. The summed E-state index contributed by atoms with van der Waals surface area (Å²) in [6, 6.07) is 9.83. The molecule has 2 aliphatic carbocycles. The van der Waals surface area contributed by atoms with Crippen molar-refractivity contribution in [2.75, 3.05) is 13.1 Å². The highest BCUT2D eigenvalue weighted by Crippen LogP contribution is 2.38. The Kier molecular flexibility index (Phi) is 3.69. The molecule has 0 amide bonds. The summed E-state index contributed by atoms with van der Waals surface area (Å²) in [4.78, 5) is 2.77. The molecule has 1 nitrogen and oxygen atoms in total. The third kappa shape index (κ3) is 2.61. The molecule has 1 heteroatoms. The summed E-state index contributed by atoms with van der Waals surface area (Å²) >= 11 is 0. The second-order valence-corrected chi connectivity index (χ2v) is 6.05. The molecular weight excluding hydrogens is 218 g/mol. The van der Waals surface area contributed by atoms with Gasteiger partial charge in [-0.1, -0.05) is 31.2 Å². The summed E-state index contributed by atoms with van der Waals surface area (Å²) < 4.78 is 0. The van der Waals surface area contributed by atoms with Gasteiger partial charge in [0.1, 0.15) is 0 Å². The van der Waals surface area contributed by atoms with Crippen molar-refractivity contribution in [3.05, 3.63) is 35.4 Å². The standard InChI is InChI=1S/C17H25N/c1-2-12-18(13-14-10-11-14)17-9-5-7-15-6-3-4-8-16(15)17/h3-4,6,8,14,17H,2,5,7,9-13H2,1H3. The Morgan fingerprint density at radius 1 is 1.17 bits per heavy atom. The monoisotopic (exact) mass is 243 g/mol. The van der Waals surface area contributed by atoms with Crippen molar-refractivity contribution in [1.82, 2.24) is 4.90 Å². The zero-order valence-corrected chi connectivity index (χ0v) is 11.6.